The molecule has 6 saturated heterocycles. The lowest BCUT2D eigenvalue weighted by atomic mass is 10.0. The van der Waals surface area contributed by atoms with Crippen LogP contribution in [0.5, 0.6) is 0 Å². The van der Waals surface area contributed by atoms with Gasteiger partial charge in [0.25, 0.3) is 0 Å². The lowest BCUT2D eigenvalue weighted by Gasteiger charge is -2.41. The first-order valence-corrected chi connectivity index (χ1v) is 37.5. The number of carbonyl (C=O) groups excluding carboxylic acids is 9. The molecule has 544 valence electrons. The van der Waals surface area contributed by atoms with E-state index >= 15 is 0 Å². The van der Waals surface area contributed by atoms with Crippen LogP contribution in [0.3, 0.4) is 0 Å². The molecule has 6 aliphatic rings. The molecule has 0 aromatic carbocycles. The first kappa shape index (κ1) is 77.5. The maximum absolute atomic E-state index is 13.5. The van der Waals surface area contributed by atoms with Gasteiger partial charge >= 0.3 is 12.0 Å². The second-order valence-corrected chi connectivity index (χ2v) is 28.3. The van der Waals surface area contributed by atoms with E-state index < -0.39 is 30.0 Å². The quantitative estimate of drug-likeness (QED) is 0.0344. The van der Waals surface area contributed by atoms with Gasteiger partial charge < -0.3 is 82.4 Å². The number of rotatable bonds is 45. The van der Waals surface area contributed by atoms with E-state index in [-0.39, 0.29) is 91.9 Å². The van der Waals surface area contributed by atoms with Crippen molar-refractivity contribution in [2.45, 2.75) is 222 Å². The summed E-state index contributed by atoms with van der Waals surface area (Å²) in [5.74, 6) is 0.180. The molecule has 0 radical (unpaired) electrons. The Hall–Kier alpha value is -6.82. The highest BCUT2D eigenvalue weighted by atomic mass is 32.2. The highest BCUT2D eigenvalue weighted by Gasteiger charge is 2.44. The molecular formula is C67H114N18O11S. The van der Waals surface area contributed by atoms with Crippen molar-refractivity contribution in [3.8, 4) is 0 Å². The number of hydrogen-bond acceptors (Lipinski definition) is 19. The first-order chi connectivity index (χ1) is 47.0. The van der Waals surface area contributed by atoms with Crippen LogP contribution in [0.15, 0.2) is 0 Å². The first-order valence-electron chi connectivity index (χ1n) is 36.5. The average molecular weight is 1380 g/mol. The number of nitrogens with one attached hydrogen (secondary N) is 5. The molecule has 6 atom stereocenters. The molecule has 6 aliphatic heterocycles. The van der Waals surface area contributed by atoms with Gasteiger partial charge in [-0.25, -0.2) is 4.79 Å². The van der Waals surface area contributed by atoms with Crippen LogP contribution in [-0.2, 0) is 43.2 Å². The normalized spacial score (nSPS) is 20.5. The van der Waals surface area contributed by atoms with Crippen molar-refractivity contribution in [1.82, 2.24) is 65.6 Å². The van der Waals surface area contributed by atoms with Crippen molar-refractivity contribution in [2.24, 2.45) is 11.5 Å². The molecule has 7 heterocycles. The van der Waals surface area contributed by atoms with Crippen LogP contribution < -0.4 is 47.9 Å². The van der Waals surface area contributed by atoms with Crippen molar-refractivity contribution >= 4 is 88.9 Å². The minimum atomic E-state index is -1.06. The number of fused-ring (bicyclic) bond motifs is 1. The number of amides is 10. The third kappa shape index (κ3) is 24.8. The number of thioether (sulfide) groups is 1. The number of hydrogen-bond donors (Lipinski definition) is 8. The number of piperazine rings is 4. The Morgan fingerprint density at radius 3 is 1.54 bits per heavy atom. The highest BCUT2D eigenvalue weighted by molar-refractivity contribution is 8.00. The summed E-state index contributed by atoms with van der Waals surface area (Å²) in [7, 11) is 3.09. The van der Waals surface area contributed by atoms with Gasteiger partial charge in [-0.2, -0.15) is 26.7 Å². The minimum Gasteiger partial charge on any atom is -0.481 e. The number of aliphatic carboxylic acids is 1. The number of nitrogens with zero attached hydrogens (tertiary/aromatic N) is 11. The van der Waals surface area contributed by atoms with E-state index in [4.69, 9.17) is 26.4 Å². The Kier molecular flexibility index (Phi) is 33.2. The van der Waals surface area contributed by atoms with E-state index in [1.54, 1.807) is 7.05 Å². The third-order valence-electron chi connectivity index (χ3n) is 19.8. The van der Waals surface area contributed by atoms with Gasteiger partial charge in [0.1, 0.15) is 31.2 Å². The zero-order chi connectivity index (χ0) is 69.5. The smallest absolute Gasteiger partial charge is 0.315 e. The molecule has 0 aliphatic carbocycles. The van der Waals surface area contributed by atoms with Gasteiger partial charge in [0, 0.05) is 116 Å². The molecule has 0 unspecified atom stereocenters. The zero-order valence-electron chi connectivity index (χ0n) is 58.0. The second-order valence-electron chi connectivity index (χ2n) is 27.1. The van der Waals surface area contributed by atoms with Crippen LogP contribution in [-0.4, -0.2) is 269 Å². The number of aromatic nitrogens is 3. The Bertz CT molecular complexity index is 2720. The molecule has 7 rings (SSSR count). The van der Waals surface area contributed by atoms with Crippen LogP contribution in [0.2, 0.25) is 0 Å². The number of carboxylic acid groups (broad SMARTS) is 1. The fourth-order valence-electron chi connectivity index (χ4n) is 13.8. The summed E-state index contributed by atoms with van der Waals surface area (Å²) in [6.07, 6.45) is 22.7. The molecule has 6 fully saturated rings. The third-order valence-corrected chi connectivity index (χ3v) is 21.3. The monoisotopic (exact) mass is 1380 g/mol. The number of nitrogens with two attached hydrogens (primary N) is 2. The van der Waals surface area contributed by atoms with Crippen molar-refractivity contribution in [2.75, 3.05) is 140 Å². The molecule has 29 nitrogen and oxygen atoms in total. The summed E-state index contributed by atoms with van der Waals surface area (Å²) in [5.41, 5.74) is 11.4. The Morgan fingerprint density at radius 1 is 0.536 bits per heavy atom. The molecule has 97 heavy (non-hydrogen) atoms. The summed E-state index contributed by atoms with van der Waals surface area (Å²) in [4.78, 5) is 157. The van der Waals surface area contributed by atoms with E-state index in [9.17, 15) is 53.1 Å². The largest absolute Gasteiger partial charge is 0.481 e. The van der Waals surface area contributed by atoms with Crippen LogP contribution in [0.1, 0.15) is 186 Å². The summed E-state index contributed by atoms with van der Waals surface area (Å²) in [5, 5.41) is 25.2. The number of carbonyl (C=O) groups is 10. The number of carboxylic acids is 1. The average Bonchev–Trinajstić information content (AvgIpc) is 1.75. The fraction of sp³-hybridized carbons (Fsp3) is 0.806. The van der Waals surface area contributed by atoms with Crippen molar-refractivity contribution in [3.05, 3.63) is 0 Å². The molecule has 1 aromatic heterocycles. The molecule has 0 bridgehead atoms. The number of urea groups is 1. The van der Waals surface area contributed by atoms with Gasteiger partial charge in [0.05, 0.1) is 18.6 Å². The fourth-order valence-corrected chi connectivity index (χ4v) is 15.3. The Balaban J connectivity index is 0.769. The summed E-state index contributed by atoms with van der Waals surface area (Å²) in [6.45, 7) is 6.88. The van der Waals surface area contributed by atoms with Gasteiger partial charge in [-0.1, -0.05) is 83.5 Å². The van der Waals surface area contributed by atoms with Gasteiger partial charge in [-0.3, -0.25) is 43.2 Å². The SMILES string of the molecule is CN1CC(=O)N([C@@H](CCCCN)C(=O)NCCCCCCCCCCC(=O)N2CCN(c3nc(NCCCC[C@@H]4SC[C@@H]5NC(=O)N[C@@H]54)nc(N4CCN(C(=O)CCCCCCCCCCNC(=O)[C@H](CCCCN)N5CC(=O)N(C)[C@@H](CCC(=O)O)C5=O)CC4)n3)CC2)CC1=O. The summed E-state index contributed by atoms with van der Waals surface area (Å²) < 4.78 is 0. The van der Waals surface area contributed by atoms with Crippen LogP contribution >= 0.6 is 11.8 Å². The number of unbranched alkanes of at least 4 members (excludes halogenated alkanes) is 17. The van der Waals surface area contributed by atoms with Gasteiger partial charge in [0.15, 0.2) is 0 Å². The predicted molar refractivity (Wildman–Crippen MR) is 372 cm³/mol. The van der Waals surface area contributed by atoms with Gasteiger partial charge in [0.2, 0.25) is 65.1 Å². The Morgan fingerprint density at radius 2 is 1.02 bits per heavy atom. The van der Waals surface area contributed by atoms with Crippen LogP contribution in [0.4, 0.5) is 22.6 Å². The highest BCUT2D eigenvalue weighted by Crippen LogP contribution is 2.33. The topological polar surface area (TPSA) is 368 Å². The maximum Gasteiger partial charge on any atom is 0.315 e. The van der Waals surface area contributed by atoms with E-state index in [0.717, 1.165) is 134 Å². The van der Waals surface area contributed by atoms with Crippen molar-refractivity contribution < 1.29 is 53.1 Å². The van der Waals surface area contributed by atoms with E-state index in [2.05, 4.69) is 36.4 Å². The molecule has 0 saturated carbocycles. The molecule has 0 spiro atoms. The second kappa shape index (κ2) is 41.6. The molecular weight excluding hydrogens is 1260 g/mol. The standard InChI is InChI=1S/C67H114N18O11S/c1-78-45-58(90)84(46-56(78)88)50(25-17-20-32-68)61(93)70-34-22-13-9-5-3-7-11-15-28-54(86)80-37-41-82(42-38-80)65-75-64(72-36-24-19-27-53-60-49(48-97-53)73-67(96)74-60)76-66(77-65)83-43-39-81(40-44-83)55(87)29-16-12-8-4-6-10-14-23-35-71-62(94)51(26-18-21-33-69)85-47-57(89)79(2)52(63(85)95)30-31-59(91)92/h49-53,60H,3-48,68-69H2,1-2H3,(H,70,93)(H,71,94)(H,91,92)(H2,73,74,96)(H,72,75,76,77)/t49-,50-,51-,52-,53-,60-/m0/s1. The summed E-state index contributed by atoms with van der Waals surface area (Å²) in [6, 6.07) is -2.14. The van der Waals surface area contributed by atoms with E-state index in [1.807, 2.05) is 21.6 Å². The zero-order valence-corrected chi connectivity index (χ0v) is 58.8. The van der Waals surface area contributed by atoms with Gasteiger partial charge in [-0.05, 0) is 96.6 Å². The van der Waals surface area contributed by atoms with Crippen molar-refractivity contribution in [3.63, 3.8) is 0 Å². The lowest BCUT2D eigenvalue weighted by Crippen LogP contribution is -2.63. The molecule has 10 N–H and O–H groups in total. The predicted octanol–water partition coefficient (Wildman–Crippen LogP) is 3.00. The number of likely N-dealkylation sites (N-methyl/N-ethyl adjacent to an activating group) is 2. The van der Waals surface area contributed by atoms with Crippen LogP contribution in [0.25, 0.3) is 0 Å². The molecule has 1 aromatic rings. The molecule has 10 amide bonds. The van der Waals surface area contributed by atoms with E-state index in [1.165, 1.54) is 26.6 Å². The van der Waals surface area contributed by atoms with Crippen molar-refractivity contribution in [1.29, 1.82) is 0 Å². The Labute approximate surface area is 577 Å². The summed E-state index contributed by atoms with van der Waals surface area (Å²) >= 11 is 1.92. The van der Waals surface area contributed by atoms with Crippen LogP contribution in [0, 0.1) is 0 Å². The molecule has 30 heteroatoms. The minimum absolute atomic E-state index is 0.0193. The lowest BCUT2D eigenvalue weighted by molar-refractivity contribution is -0.159. The maximum atomic E-state index is 13.5. The number of anilines is 3. The van der Waals surface area contributed by atoms with Gasteiger partial charge in [-0.15, -0.1) is 0 Å². The van der Waals surface area contributed by atoms with E-state index in [0.29, 0.717) is 153 Å².